The van der Waals surface area contributed by atoms with Crippen LogP contribution in [0.4, 0.5) is 23.8 Å². The van der Waals surface area contributed by atoms with Crippen molar-refractivity contribution >= 4 is 23.7 Å². The van der Waals surface area contributed by atoms with Gasteiger partial charge in [-0.15, -0.1) is 0 Å². The van der Waals surface area contributed by atoms with Crippen molar-refractivity contribution in [3.8, 4) is 0 Å². The van der Waals surface area contributed by atoms with E-state index in [1.165, 1.54) is 6.07 Å². The van der Waals surface area contributed by atoms with E-state index < -0.39 is 23.3 Å². The molecule has 0 bridgehead atoms. The van der Waals surface area contributed by atoms with Crippen LogP contribution in [0.15, 0.2) is 18.3 Å². The Balaban J connectivity index is 1.34. The topological polar surface area (TPSA) is 85.8 Å². The summed E-state index contributed by atoms with van der Waals surface area (Å²) in [5, 5.41) is 2.84. The van der Waals surface area contributed by atoms with Crippen LogP contribution in [0.5, 0.6) is 0 Å². The Kier molecular flexibility index (Phi) is 5.76. The van der Waals surface area contributed by atoms with E-state index in [0.29, 0.717) is 38.4 Å². The standard InChI is InChI=1S/C21H26F3N5O3/c1-14-4-2-3-7-20(14)18(31)29(19(32)26-20)13-17(30)28-10-8-27(9-11-28)16-6-5-15(12-25-16)21(22,23)24/h5-6,12,14H,2-4,7-11,13H2,1H3,(H,26,32)/t14-,20-/m1/s1. The lowest BCUT2D eigenvalue weighted by Crippen LogP contribution is -2.55. The van der Waals surface area contributed by atoms with Crippen LogP contribution in [0, 0.1) is 5.92 Å². The molecule has 11 heteroatoms. The molecule has 4 rings (SSSR count). The number of urea groups is 1. The monoisotopic (exact) mass is 453 g/mol. The summed E-state index contributed by atoms with van der Waals surface area (Å²) < 4.78 is 38.1. The maximum atomic E-state index is 13.0. The first-order valence-electron chi connectivity index (χ1n) is 10.8. The summed E-state index contributed by atoms with van der Waals surface area (Å²) in [4.78, 5) is 46.6. The van der Waals surface area contributed by atoms with Gasteiger partial charge in [0, 0.05) is 32.4 Å². The molecule has 1 aromatic heterocycles. The highest BCUT2D eigenvalue weighted by Crippen LogP contribution is 2.38. The third kappa shape index (κ3) is 4.00. The second-order valence-electron chi connectivity index (χ2n) is 8.71. The molecule has 2 aliphatic heterocycles. The van der Waals surface area contributed by atoms with Crippen molar-refractivity contribution in [2.45, 2.75) is 44.3 Å². The van der Waals surface area contributed by atoms with E-state index in [1.54, 1.807) is 9.80 Å². The minimum Gasteiger partial charge on any atom is -0.353 e. The van der Waals surface area contributed by atoms with Gasteiger partial charge in [0.2, 0.25) is 5.91 Å². The van der Waals surface area contributed by atoms with Gasteiger partial charge in [-0.25, -0.2) is 9.78 Å². The van der Waals surface area contributed by atoms with Crippen molar-refractivity contribution in [1.82, 2.24) is 20.1 Å². The summed E-state index contributed by atoms with van der Waals surface area (Å²) >= 11 is 0. The van der Waals surface area contributed by atoms with Gasteiger partial charge in [0.25, 0.3) is 5.91 Å². The molecule has 0 radical (unpaired) electrons. The predicted molar refractivity (Wildman–Crippen MR) is 109 cm³/mol. The van der Waals surface area contributed by atoms with E-state index in [2.05, 4.69) is 10.3 Å². The van der Waals surface area contributed by atoms with Crippen LogP contribution in [-0.4, -0.2) is 70.9 Å². The Morgan fingerprint density at radius 1 is 1.19 bits per heavy atom. The Morgan fingerprint density at radius 3 is 2.50 bits per heavy atom. The number of carbonyl (C=O) groups excluding carboxylic acids is 3. The summed E-state index contributed by atoms with van der Waals surface area (Å²) in [6, 6.07) is 1.78. The van der Waals surface area contributed by atoms with Gasteiger partial charge in [0.1, 0.15) is 17.9 Å². The first-order valence-corrected chi connectivity index (χ1v) is 10.8. The molecule has 3 aliphatic rings. The Morgan fingerprint density at radius 2 is 1.91 bits per heavy atom. The number of hydrogen-bond donors (Lipinski definition) is 1. The Hall–Kier alpha value is -2.85. The molecule has 3 heterocycles. The van der Waals surface area contributed by atoms with Gasteiger partial charge >= 0.3 is 12.2 Å². The minimum absolute atomic E-state index is 0.0209. The number of rotatable bonds is 3. The smallest absolute Gasteiger partial charge is 0.353 e. The van der Waals surface area contributed by atoms with E-state index in [1.807, 2.05) is 6.92 Å². The minimum atomic E-state index is -4.44. The predicted octanol–water partition coefficient (Wildman–Crippen LogP) is 2.25. The molecule has 1 spiro atoms. The highest BCUT2D eigenvalue weighted by atomic mass is 19.4. The summed E-state index contributed by atoms with van der Waals surface area (Å²) in [6.45, 7) is 3.09. The van der Waals surface area contributed by atoms with Crippen molar-refractivity contribution in [2.24, 2.45) is 5.92 Å². The molecule has 1 saturated carbocycles. The van der Waals surface area contributed by atoms with Crippen LogP contribution in [0.2, 0.25) is 0 Å². The number of anilines is 1. The zero-order valence-electron chi connectivity index (χ0n) is 17.8. The van der Waals surface area contributed by atoms with Gasteiger partial charge in [0.05, 0.1) is 5.56 Å². The van der Waals surface area contributed by atoms with Crippen molar-refractivity contribution in [2.75, 3.05) is 37.6 Å². The first kappa shape index (κ1) is 22.3. The summed E-state index contributed by atoms with van der Waals surface area (Å²) in [7, 11) is 0. The normalized spacial score (nSPS) is 26.6. The fraction of sp³-hybridized carbons (Fsp3) is 0.619. The number of alkyl halides is 3. The second-order valence-corrected chi connectivity index (χ2v) is 8.71. The van der Waals surface area contributed by atoms with Crippen LogP contribution in [0.25, 0.3) is 0 Å². The molecule has 0 unspecified atom stereocenters. The van der Waals surface area contributed by atoms with Gasteiger partial charge in [-0.1, -0.05) is 19.8 Å². The molecular formula is C21H26F3N5O3. The number of nitrogens with zero attached hydrogens (tertiary/aromatic N) is 4. The Labute approximate surface area is 183 Å². The lowest BCUT2D eigenvalue weighted by molar-refractivity contribution is -0.140. The largest absolute Gasteiger partial charge is 0.417 e. The molecular weight excluding hydrogens is 427 g/mol. The van der Waals surface area contributed by atoms with Crippen LogP contribution < -0.4 is 10.2 Å². The maximum absolute atomic E-state index is 13.0. The van der Waals surface area contributed by atoms with Gasteiger partial charge in [-0.2, -0.15) is 13.2 Å². The number of carbonyl (C=O) groups is 3. The third-order valence-electron chi connectivity index (χ3n) is 6.83. The number of imide groups is 1. The fourth-order valence-electron chi connectivity index (χ4n) is 4.80. The highest BCUT2D eigenvalue weighted by Gasteiger charge is 2.55. The van der Waals surface area contributed by atoms with E-state index in [4.69, 9.17) is 0 Å². The first-order chi connectivity index (χ1) is 15.1. The van der Waals surface area contributed by atoms with Gasteiger partial charge in [-0.3, -0.25) is 14.5 Å². The molecule has 174 valence electrons. The molecule has 1 aromatic rings. The highest BCUT2D eigenvalue weighted by molar-refractivity contribution is 6.09. The van der Waals surface area contributed by atoms with Crippen LogP contribution in [0.1, 0.15) is 38.2 Å². The molecule has 0 aromatic carbocycles. The van der Waals surface area contributed by atoms with E-state index in [0.717, 1.165) is 36.4 Å². The molecule has 2 saturated heterocycles. The van der Waals surface area contributed by atoms with E-state index in [-0.39, 0.29) is 24.3 Å². The third-order valence-corrected chi connectivity index (χ3v) is 6.83. The lowest BCUT2D eigenvalue weighted by Gasteiger charge is -2.37. The number of halogens is 3. The van der Waals surface area contributed by atoms with Crippen molar-refractivity contribution in [3.05, 3.63) is 23.9 Å². The molecule has 8 nitrogen and oxygen atoms in total. The molecule has 1 aliphatic carbocycles. The zero-order valence-corrected chi connectivity index (χ0v) is 17.8. The molecule has 1 N–H and O–H groups in total. The SMILES string of the molecule is C[C@@H]1CCCC[C@@]12NC(=O)N(CC(=O)N1CCN(c3ccc(C(F)(F)F)cn3)CC1)C2=O. The van der Waals surface area contributed by atoms with Gasteiger partial charge < -0.3 is 15.1 Å². The van der Waals surface area contributed by atoms with Crippen LogP contribution in [0.3, 0.4) is 0 Å². The molecule has 3 fully saturated rings. The number of piperazine rings is 1. The number of aromatic nitrogens is 1. The summed E-state index contributed by atoms with van der Waals surface area (Å²) in [5.41, 5.74) is -1.71. The average Bonchev–Trinajstić information content (AvgIpc) is 3.00. The molecule has 2 atom stereocenters. The average molecular weight is 453 g/mol. The second kappa shape index (κ2) is 8.25. The molecule has 4 amide bonds. The van der Waals surface area contributed by atoms with Crippen molar-refractivity contribution < 1.29 is 27.6 Å². The van der Waals surface area contributed by atoms with Gasteiger partial charge in [0.15, 0.2) is 0 Å². The van der Waals surface area contributed by atoms with E-state index in [9.17, 15) is 27.6 Å². The number of hydrogen-bond acceptors (Lipinski definition) is 5. The number of nitrogens with one attached hydrogen (secondary N) is 1. The zero-order chi connectivity index (χ0) is 23.1. The van der Waals surface area contributed by atoms with Crippen molar-refractivity contribution in [3.63, 3.8) is 0 Å². The lowest BCUT2D eigenvalue weighted by atomic mass is 9.73. The molecule has 32 heavy (non-hydrogen) atoms. The quantitative estimate of drug-likeness (QED) is 0.710. The summed E-state index contributed by atoms with van der Waals surface area (Å²) in [6.07, 6.45) is -0.326. The number of pyridine rings is 1. The van der Waals surface area contributed by atoms with Crippen LogP contribution >= 0.6 is 0 Å². The van der Waals surface area contributed by atoms with Crippen LogP contribution in [-0.2, 0) is 15.8 Å². The maximum Gasteiger partial charge on any atom is 0.417 e. The summed E-state index contributed by atoms with van der Waals surface area (Å²) in [5.74, 6) is -0.218. The Bertz CT molecular complexity index is 899. The number of amides is 4. The van der Waals surface area contributed by atoms with E-state index >= 15 is 0 Å². The fourth-order valence-corrected chi connectivity index (χ4v) is 4.80. The van der Waals surface area contributed by atoms with Crippen molar-refractivity contribution in [1.29, 1.82) is 0 Å². The van der Waals surface area contributed by atoms with Gasteiger partial charge in [-0.05, 0) is 30.9 Å².